The second-order valence-corrected chi connectivity index (χ2v) is 9.87. The molecule has 2 amide bonds. The molecule has 4 rings (SSSR count). The molecule has 1 atom stereocenters. The maximum absolute atomic E-state index is 13.1. The molecule has 0 spiro atoms. The number of amides is 2. The van der Waals surface area contributed by atoms with E-state index in [2.05, 4.69) is 26.0 Å². The van der Waals surface area contributed by atoms with E-state index in [1.54, 1.807) is 36.7 Å². The van der Waals surface area contributed by atoms with Crippen molar-refractivity contribution in [3.8, 4) is 11.1 Å². The standard InChI is InChI=1S/C29H33ClN8O3/c1-41-29(40)36-23-8-9-24-20-13-21(17-33-16-20)25(5-3-2-4-12-34-26(24)15-23)37-28(39)11-6-19-14-22(30)7-10-27(19)38(32)18-35-31/h6-11,13-18,25,34H,2-5,12,31-32H2,1H3,(H,36,40)(H,37,39)/b11-6+,35-18-/t25-/m0/s1. The van der Waals surface area contributed by atoms with Crippen LogP contribution in [0.2, 0.25) is 5.02 Å². The first-order valence-electron chi connectivity index (χ1n) is 13.1. The van der Waals surface area contributed by atoms with Gasteiger partial charge in [-0.1, -0.05) is 30.5 Å². The van der Waals surface area contributed by atoms with E-state index in [9.17, 15) is 9.59 Å². The molecular weight excluding hydrogens is 544 g/mol. The number of nitrogens with one attached hydrogen (secondary N) is 3. The lowest BCUT2D eigenvalue weighted by molar-refractivity contribution is -0.117. The first-order chi connectivity index (χ1) is 19.9. The van der Waals surface area contributed by atoms with E-state index in [-0.39, 0.29) is 11.9 Å². The number of aromatic nitrogens is 1. The minimum Gasteiger partial charge on any atom is -0.453 e. The summed E-state index contributed by atoms with van der Waals surface area (Å²) in [5.41, 5.74) is 5.40. The minimum absolute atomic E-state index is 0.245. The van der Waals surface area contributed by atoms with Gasteiger partial charge in [0.15, 0.2) is 0 Å². The average Bonchev–Trinajstić information content (AvgIpc) is 2.97. The fraction of sp³-hybridized carbons (Fsp3) is 0.241. The molecule has 214 valence electrons. The van der Waals surface area contributed by atoms with Gasteiger partial charge in [0.05, 0.1) is 18.8 Å². The van der Waals surface area contributed by atoms with Gasteiger partial charge >= 0.3 is 6.09 Å². The van der Waals surface area contributed by atoms with Gasteiger partial charge in [0, 0.05) is 58.1 Å². The number of benzene rings is 2. The largest absolute Gasteiger partial charge is 0.453 e. The highest BCUT2D eigenvalue weighted by Crippen LogP contribution is 2.33. The Morgan fingerprint density at radius 2 is 2.02 bits per heavy atom. The first-order valence-corrected chi connectivity index (χ1v) is 13.5. The lowest BCUT2D eigenvalue weighted by atomic mass is 9.96. The molecule has 2 heterocycles. The maximum Gasteiger partial charge on any atom is 0.411 e. The monoisotopic (exact) mass is 576 g/mol. The number of fused-ring (bicyclic) bond motifs is 4. The number of methoxy groups -OCH3 is 1. The zero-order valence-corrected chi connectivity index (χ0v) is 23.4. The van der Waals surface area contributed by atoms with Crippen LogP contribution in [0.25, 0.3) is 17.2 Å². The highest BCUT2D eigenvalue weighted by atomic mass is 35.5. The zero-order valence-electron chi connectivity index (χ0n) is 22.6. The van der Waals surface area contributed by atoms with Crippen molar-refractivity contribution in [3.63, 3.8) is 0 Å². The quantitative estimate of drug-likeness (QED) is 0.0898. The van der Waals surface area contributed by atoms with Crippen LogP contribution >= 0.6 is 11.6 Å². The molecule has 0 fully saturated rings. The van der Waals surface area contributed by atoms with Crippen LogP contribution in [0, 0.1) is 0 Å². The topological polar surface area (TPSA) is 160 Å². The van der Waals surface area contributed by atoms with E-state index >= 15 is 0 Å². The highest BCUT2D eigenvalue weighted by molar-refractivity contribution is 6.30. The van der Waals surface area contributed by atoms with Crippen molar-refractivity contribution in [2.24, 2.45) is 16.8 Å². The van der Waals surface area contributed by atoms with Gasteiger partial charge in [0.25, 0.3) is 0 Å². The molecule has 7 N–H and O–H groups in total. The maximum atomic E-state index is 13.1. The zero-order chi connectivity index (χ0) is 29.2. The van der Waals surface area contributed by atoms with Crippen molar-refractivity contribution in [3.05, 3.63) is 77.1 Å². The predicted octanol–water partition coefficient (Wildman–Crippen LogP) is 5.02. The van der Waals surface area contributed by atoms with Gasteiger partial charge in [0.2, 0.25) is 5.91 Å². The van der Waals surface area contributed by atoms with Gasteiger partial charge in [-0.25, -0.2) is 10.6 Å². The number of carbonyl (C=O) groups excluding carboxylic acids is 2. The molecule has 2 bridgehead atoms. The van der Waals surface area contributed by atoms with E-state index in [1.165, 1.54) is 24.5 Å². The number of hydrazone groups is 1. The van der Waals surface area contributed by atoms with Gasteiger partial charge in [0.1, 0.15) is 6.34 Å². The highest BCUT2D eigenvalue weighted by Gasteiger charge is 2.17. The van der Waals surface area contributed by atoms with Gasteiger partial charge < -0.3 is 21.2 Å². The summed E-state index contributed by atoms with van der Waals surface area (Å²) >= 11 is 6.18. The molecule has 3 aromatic rings. The molecule has 0 aliphatic carbocycles. The first kappa shape index (κ1) is 29.4. The third-order valence-electron chi connectivity index (χ3n) is 6.60. The van der Waals surface area contributed by atoms with E-state index in [0.717, 1.165) is 54.6 Å². The Morgan fingerprint density at radius 1 is 1.17 bits per heavy atom. The van der Waals surface area contributed by atoms with Crippen LogP contribution in [0.5, 0.6) is 0 Å². The number of carbonyl (C=O) groups is 2. The third kappa shape index (κ3) is 7.96. The van der Waals surface area contributed by atoms with Crippen molar-refractivity contribution >= 4 is 53.1 Å². The van der Waals surface area contributed by atoms with E-state index in [1.807, 2.05) is 24.3 Å². The van der Waals surface area contributed by atoms with Crippen LogP contribution in [0.1, 0.15) is 42.9 Å². The Bertz CT molecular complexity index is 1450. The Hall–Kier alpha value is -4.61. The number of nitrogens with two attached hydrogens (primary N) is 2. The lowest BCUT2D eigenvalue weighted by Crippen LogP contribution is -2.30. The predicted molar refractivity (Wildman–Crippen MR) is 163 cm³/mol. The van der Waals surface area contributed by atoms with Crippen molar-refractivity contribution < 1.29 is 14.3 Å². The summed E-state index contributed by atoms with van der Waals surface area (Å²) in [7, 11) is 1.32. The van der Waals surface area contributed by atoms with Crippen LogP contribution in [0.4, 0.5) is 21.9 Å². The summed E-state index contributed by atoms with van der Waals surface area (Å²) in [6.45, 7) is 0.760. The van der Waals surface area contributed by atoms with Gasteiger partial charge in [-0.15, -0.1) is 0 Å². The molecule has 1 aromatic heterocycles. The Balaban J connectivity index is 1.59. The van der Waals surface area contributed by atoms with Crippen molar-refractivity contribution in [1.29, 1.82) is 0 Å². The average molecular weight is 577 g/mol. The molecule has 1 aliphatic rings. The van der Waals surface area contributed by atoms with Crippen molar-refractivity contribution in [1.82, 2.24) is 10.3 Å². The normalized spacial score (nSPS) is 15.2. The SMILES string of the molecule is COC(=O)Nc1ccc2c(c1)NCCCCC[C@H](NC(=O)/C=C/c1cc(Cl)ccc1N(N)/C=N\N)c1cncc-2c1. The molecule has 12 heteroatoms. The van der Waals surface area contributed by atoms with E-state index in [4.69, 9.17) is 28.0 Å². The number of halogens is 1. The molecule has 2 aromatic carbocycles. The molecular formula is C29H33ClN8O3. The number of hydrogen-bond acceptors (Lipinski definition) is 8. The van der Waals surface area contributed by atoms with Crippen LogP contribution in [0.15, 0.2) is 66.0 Å². The number of rotatable bonds is 6. The summed E-state index contributed by atoms with van der Waals surface area (Å²) in [5.74, 6) is 11.0. The number of ether oxygens (including phenoxy) is 1. The van der Waals surface area contributed by atoms with E-state index in [0.29, 0.717) is 22.0 Å². The molecule has 0 unspecified atom stereocenters. The minimum atomic E-state index is -0.536. The molecule has 0 saturated carbocycles. The summed E-state index contributed by atoms with van der Waals surface area (Å²) in [5, 5.41) is 14.5. The summed E-state index contributed by atoms with van der Waals surface area (Å²) < 4.78 is 4.72. The molecule has 11 nitrogen and oxygen atoms in total. The fourth-order valence-corrected chi connectivity index (χ4v) is 4.77. The second kappa shape index (κ2) is 14.1. The summed E-state index contributed by atoms with van der Waals surface area (Å²) in [6.07, 6.45) is 11.0. The van der Waals surface area contributed by atoms with Gasteiger partial charge in [-0.3, -0.25) is 20.1 Å². The van der Waals surface area contributed by atoms with Crippen LogP contribution in [0.3, 0.4) is 0 Å². The van der Waals surface area contributed by atoms with Crippen molar-refractivity contribution in [2.45, 2.75) is 31.7 Å². The summed E-state index contributed by atoms with van der Waals surface area (Å²) in [6, 6.07) is 12.5. The van der Waals surface area contributed by atoms with Crippen LogP contribution in [-0.4, -0.2) is 37.0 Å². The lowest BCUT2D eigenvalue weighted by Gasteiger charge is -2.21. The third-order valence-corrected chi connectivity index (χ3v) is 6.83. The molecule has 1 aliphatic heterocycles. The summed E-state index contributed by atoms with van der Waals surface area (Å²) in [4.78, 5) is 29.3. The molecule has 0 radical (unpaired) electrons. The Labute approximate surface area is 243 Å². The van der Waals surface area contributed by atoms with Crippen LogP contribution in [-0.2, 0) is 9.53 Å². The number of hydrazine groups is 1. The molecule has 41 heavy (non-hydrogen) atoms. The number of anilines is 3. The Morgan fingerprint density at radius 3 is 2.83 bits per heavy atom. The number of pyridine rings is 1. The van der Waals surface area contributed by atoms with Gasteiger partial charge in [-0.05, 0) is 60.9 Å². The van der Waals surface area contributed by atoms with Crippen LogP contribution < -0.4 is 32.6 Å². The Kier molecular flexibility index (Phi) is 10.1. The fourth-order valence-electron chi connectivity index (χ4n) is 4.59. The molecule has 0 saturated heterocycles. The smallest absolute Gasteiger partial charge is 0.411 e. The second-order valence-electron chi connectivity index (χ2n) is 9.43. The number of hydrogen-bond donors (Lipinski definition) is 5. The van der Waals surface area contributed by atoms with E-state index < -0.39 is 6.09 Å². The van der Waals surface area contributed by atoms with Gasteiger partial charge in [-0.2, -0.15) is 5.10 Å². The number of nitrogens with zero attached hydrogens (tertiary/aromatic N) is 3. The van der Waals surface area contributed by atoms with Crippen molar-refractivity contribution in [2.75, 3.05) is 29.3 Å².